The molecule has 2 amide bonds. The lowest BCUT2D eigenvalue weighted by Crippen LogP contribution is -2.32. The first-order chi connectivity index (χ1) is 15.8. The maximum Gasteiger partial charge on any atom is 0.254 e. The molecule has 9 heteroatoms. The zero-order valence-corrected chi connectivity index (χ0v) is 20.4. The second-order valence-electron chi connectivity index (χ2n) is 8.17. The van der Waals surface area contributed by atoms with E-state index in [9.17, 15) is 9.59 Å². The van der Waals surface area contributed by atoms with Crippen molar-refractivity contribution in [2.75, 3.05) is 17.6 Å². The van der Waals surface area contributed by atoms with Crippen LogP contribution in [0.4, 0.5) is 5.69 Å². The number of hydrogen-bond acceptors (Lipinski definition) is 5. The third-order valence-corrected chi connectivity index (χ3v) is 7.12. The number of aromatic nitrogens is 3. The quantitative estimate of drug-likeness (QED) is 0.510. The highest BCUT2D eigenvalue weighted by Gasteiger charge is 2.34. The molecule has 0 saturated carbocycles. The van der Waals surface area contributed by atoms with Gasteiger partial charge in [-0.05, 0) is 56.0 Å². The number of amides is 2. The van der Waals surface area contributed by atoms with Crippen molar-refractivity contribution in [2.45, 2.75) is 37.9 Å². The molecule has 0 bridgehead atoms. The molecule has 1 fully saturated rings. The molecule has 1 aliphatic rings. The predicted octanol–water partition coefficient (Wildman–Crippen LogP) is 4.79. The largest absolute Gasteiger partial charge is 0.328 e. The molecule has 172 valence electrons. The summed E-state index contributed by atoms with van der Waals surface area (Å²) in [6.45, 7) is 4.56. The Labute approximate surface area is 202 Å². The highest BCUT2D eigenvalue weighted by molar-refractivity contribution is 7.99. The minimum absolute atomic E-state index is 0.0177. The van der Waals surface area contributed by atoms with Crippen molar-refractivity contribution >= 4 is 40.9 Å². The Morgan fingerprint density at radius 2 is 1.94 bits per heavy atom. The summed E-state index contributed by atoms with van der Waals surface area (Å²) in [5.41, 5.74) is 3.32. The van der Waals surface area contributed by atoms with Crippen molar-refractivity contribution in [3.05, 3.63) is 70.0 Å². The van der Waals surface area contributed by atoms with E-state index in [4.69, 9.17) is 11.6 Å². The zero-order chi connectivity index (χ0) is 23.5. The van der Waals surface area contributed by atoms with E-state index in [1.165, 1.54) is 11.8 Å². The molecule has 0 aliphatic carbocycles. The van der Waals surface area contributed by atoms with Crippen molar-refractivity contribution in [3.63, 3.8) is 0 Å². The van der Waals surface area contributed by atoms with Crippen molar-refractivity contribution in [3.8, 4) is 0 Å². The van der Waals surface area contributed by atoms with Crippen LogP contribution in [-0.4, -0.2) is 43.8 Å². The van der Waals surface area contributed by atoms with Gasteiger partial charge in [-0.1, -0.05) is 47.6 Å². The number of halogens is 1. The lowest BCUT2D eigenvalue weighted by Gasteiger charge is -2.24. The first-order valence-electron chi connectivity index (χ1n) is 10.8. The van der Waals surface area contributed by atoms with Gasteiger partial charge in [-0.25, -0.2) is 0 Å². The number of anilines is 1. The van der Waals surface area contributed by atoms with E-state index in [1.807, 2.05) is 60.7 Å². The van der Waals surface area contributed by atoms with E-state index in [-0.39, 0.29) is 23.6 Å². The maximum atomic E-state index is 13.2. The van der Waals surface area contributed by atoms with E-state index >= 15 is 0 Å². The lowest BCUT2D eigenvalue weighted by molar-refractivity contribution is -0.113. The van der Waals surface area contributed by atoms with Crippen molar-refractivity contribution in [2.24, 2.45) is 7.05 Å². The number of carbonyl (C=O) groups is 2. The standard InChI is InChI=1S/C24H26ClN5O2S/c1-15-7-4-5-8-18(15)23(32)30-12-6-9-20(30)22-27-28-24(29(22)3)33-14-21(31)26-19-13-17(25)11-10-16(19)2/h4-5,7-8,10-11,13,20H,6,9,12,14H2,1-3H3,(H,26,31). The third kappa shape index (κ3) is 5.07. The highest BCUT2D eigenvalue weighted by Crippen LogP contribution is 2.33. The summed E-state index contributed by atoms with van der Waals surface area (Å²) in [7, 11) is 1.88. The van der Waals surface area contributed by atoms with Gasteiger partial charge in [-0.3, -0.25) is 9.59 Å². The van der Waals surface area contributed by atoms with E-state index in [0.717, 1.165) is 29.8 Å². The minimum Gasteiger partial charge on any atom is -0.328 e. The number of hydrogen-bond donors (Lipinski definition) is 1. The number of aryl methyl sites for hydroxylation is 2. The van der Waals surface area contributed by atoms with Crippen LogP contribution < -0.4 is 5.32 Å². The maximum absolute atomic E-state index is 13.2. The van der Waals surface area contributed by atoms with E-state index < -0.39 is 0 Å². The first-order valence-corrected chi connectivity index (χ1v) is 12.2. The Balaban J connectivity index is 1.44. The summed E-state index contributed by atoms with van der Waals surface area (Å²) in [6.07, 6.45) is 1.75. The molecule has 4 rings (SSSR count). The van der Waals surface area contributed by atoms with Gasteiger partial charge in [0.1, 0.15) is 0 Å². The monoisotopic (exact) mass is 483 g/mol. The molecule has 1 aromatic heterocycles. The van der Waals surface area contributed by atoms with Crippen LogP contribution in [0.2, 0.25) is 5.02 Å². The minimum atomic E-state index is -0.146. The Hall–Kier alpha value is -2.84. The van der Waals surface area contributed by atoms with Gasteiger partial charge in [0, 0.05) is 29.9 Å². The number of nitrogens with one attached hydrogen (secondary N) is 1. The molecule has 33 heavy (non-hydrogen) atoms. The van der Waals surface area contributed by atoms with Crippen LogP contribution in [0.5, 0.6) is 0 Å². The van der Waals surface area contributed by atoms with Gasteiger partial charge in [0.25, 0.3) is 5.91 Å². The molecule has 2 aromatic carbocycles. The second kappa shape index (κ2) is 9.97. The molecule has 1 aliphatic heterocycles. The molecular weight excluding hydrogens is 458 g/mol. The van der Waals surface area contributed by atoms with Gasteiger partial charge in [0.05, 0.1) is 11.8 Å². The van der Waals surface area contributed by atoms with Crippen LogP contribution in [0.15, 0.2) is 47.6 Å². The summed E-state index contributed by atoms with van der Waals surface area (Å²) >= 11 is 7.35. The zero-order valence-electron chi connectivity index (χ0n) is 18.8. The fourth-order valence-corrected chi connectivity index (χ4v) is 4.92. The Bertz CT molecular complexity index is 1200. The van der Waals surface area contributed by atoms with Crippen molar-refractivity contribution in [1.29, 1.82) is 0 Å². The van der Waals surface area contributed by atoms with Crippen LogP contribution in [0.3, 0.4) is 0 Å². The Kier molecular flexibility index (Phi) is 7.05. The van der Waals surface area contributed by atoms with Crippen LogP contribution in [-0.2, 0) is 11.8 Å². The molecule has 1 unspecified atom stereocenters. The summed E-state index contributed by atoms with van der Waals surface area (Å²) in [5, 5.41) is 12.8. The number of nitrogens with zero attached hydrogens (tertiary/aromatic N) is 4. The number of carbonyl (C=O) groups excluding carboxylic acids is 2. The fraction of sp³-hybridized carbons (Fsp3) is 0.333. The summed E-state index contributed by atoms with van der Waals surface area (Å²) in [6, 6.07) is 12.9. The van der Waals surface area contributed by atoms with Crippen molar-refractivity contribution in [1.82, 2.24) is 19.7 Å². The van der Waals surface area contributed by atoms with Crippen LogP contribution in [0.1, 0.15) is 46.2 Å². The fourth-order valence-electron chi connectivity index (χ4n) is 4.03. The van der Waals surface area contributed by atoms with E-state index in [2.05, 4.69) is 15.5 Å². The average molecular weight is 484 g/mol. The van der Waals surface area contributed by atoms with Gasteiger partial charge in [0.2, 0.25) is 5.91 Å². The number of rotatable bonds is 6. The normalized spacial score (nSPS) is 15.6. The smallest absolute Gasteiger partial charge is 0.254 e. The van der Waals surface area contributed by atoms with Gasteiger partial charge < -0.3 is 14.8 Å². The van der Waals surface area contributed by atoms with Crippen LogP contribution >= 0.6 is 23.4 Å². The summed E-state index contributed by atoms with van der Waals surface area (Å²) < 4.78 is 1.89. The van der Waals surface area contributed by atoms with Gasteiger partial charge in [-0.2, -0.15) is 0 Å². The van der Waals surface area contributed by atoms with Gasteiger partial charge >= 0.3 is 0 Å². The van der Waals surface area contributed by atoms with Gasteiger partial charge in [-0.15, -0.1) is 10.2 Å². The molecule has 1 saturated heterocycles. The number of thioether (sulfide) groups is 1. The Morgan fingerprint density at radius 3 is 2.73 bits per heavy atom. The predicted molar refractivity (Wildman–Crippen MR) is 131 cm³/mol. The second-order valence-corrected chi connectivity index (χ2v) is 9.55. The highest BCUT2D eigenvalue weighted by atomic mass is 35.5. The molecule has 7 nitrogen and oxygen atoms in total. The number of benzene rings is 2. The van der Waals surface area contributed by atoms with Crippen molar-refractivity contribution < 1.29 is 9.59 Å². The summed E-state index contributed by atoms with van der Waals surface area (Å²) in [4.78, 5) is 27.6. The Morgan fingerprint density at radius 1 is 1.15 bits per heavy atom. The molecule has 1 N–H and O–H groups in total. The lowest BCUT2D eigenvalue weighted by atomic mass is 10.1. The van der Waals surface area contributed by atoms with Crippen LogP contribution in [0.25, 0.3) is 0 Å². The average Bonchev–Trinajstić information content (AvgIpc) is 3.41. The van der Waals surface area contributed by atoms with E-state index in [1.54, 1.807) is 12.1 Å². The first kappa shape index (κ1) is 23.3. The molecule has 2 heterocycles. The molecular formula is C24H26ClN5O2S. The topological polar surface area (TPSA) is 80.1 Å². The third-order valence-electron chi connectivity index (χ3n) is 5.86. The summed E-state index contributed by atoms with van der Waals surface area (Å²) in [5.74, 6) is 0.799. The molecule has 0 spiro atoms. The van der Waals surface area contributed by atoms with E-state index in [0.29, 0.717) is 28.0 Å². The van der Waals surface area contributed by atoms with Gasteiger partial charge in [0.15, 0.2) is 11.0 Å². The SMILES string of the molecule is Cc1ccc(Cl)cc1NC(=O)CSc1nnc(C2CCCN2C(=O)c2ccccc2C)n1C. The number of likely N-dealkylation sites (tertiary alicyclic amines) is 1. The molecule has 0 radical (unpaired) electrons. The molecule has 1 atom stereocenters. The van der Waals surface area contributed by atoms with Crippen LogP contribution in [0, 0.1) is 13.8 Å². The molecule has 3 aromatic rings.